The summed E-state index contributed by atoms with van der Waals surface area (Å²) >= 11 is 0. The van der Waals surface area contributed by atoms with Gasteiger partial charge in [-0.05, 0) is 25.1 Å². The summed E-state index contributed by atoms with van der Waals surface area (Å²) in [5.74, 6) is -1.75. The first-order valence-corrected chi connectivity index (χ1v) is 5.33. The van der Waals surface area contributed by atoms with E-state index in [0.717, 1.165) is 12.1 Å². The van der Waals surface area contributed by atoms with E-state index >= 15 is 0 Å². The number of oxazole rings is 1. The van der Waals surface area contributed by atoms with Gasteiger partial charge in [0.2, 0.25) is 5.89 Å². The van der Waals surface area contributed by atoms with Crippen LogP contribution in [0, 0.1) is 6.92 Å². The van der Waals surface area contributed by atoms with E-state index in [-0.39, 0.29) is 22.9 Å². The van der Waals surface area contributed by atoms with Crippen molar-refractivity contribution in [2.45, 2.75) is 13.3 Å². The Morgan fingerprint density at radius 2 is 2.10 bits per heavy atom. The number of aromatic nitrogens is 1. The van der Waals surface area contributed by atoms with Crippen molar-refractivity contribution in [3.05, 3.63) is 35.7 Å². The topological polar surface area (TPSA) is 72.6 Å². The molecule has 1 aromatic carbocycles. The molecule has 2 rings (SSSR count). The van der Waals surface area contributed by atoms with Crippen molar-refractivity contribution in [3.8, 4) is 17.2 Å². The summed E-state index contributed by atoms with van der Waals surface area (Å²) in [6.45, 7) is 1.40. The summed E-state index contributed by atoms with van der Waals surface area (Å²) in [5.41, 5.74) is -0.107. The van der Waals surface area contributed by atoms with E-state index in [1.54, 1.807) is 0 Å². The Kier molecular flexibility index (Phi) is 3.39. The van der Waals surface area contributed by atoms with Gasteiger partial charge in [-0.1, -0.05) is 6.07 Å². The molecule has 8 heteroatoms. The summed E-state index contributed by atoms with van der Waals surface area (Å²) in [6.07, 6.45) is -4.81. The van der Waals surface area contributed by atoms with E-state index in [4.69, 9.17) is 9.52 Å². The maximum absolute atomic E-state index is 12.1. The second kappa shape index (κ2) is 4.87. The minimum Gasteiger partial charge on any atom is -0.476 e. The maximum atomic E-state index is 12.1. The standard InChI is InChI=1S/C12H8F3NO4/c1-6-9(11(17)18)16-10(19-6)7-3-2-4-8(5-7)20-12(13,14)15/h2-5H,1H3,(H,17,18). The molecular formula is C12H8F3NO4. The predicted octanol–water partition coefficient (Wildman–Crippen LogP) is 3.25. The van der Waals surface area contributed by atoms with Crippen LogP contribution in [0.2, 0.25) is 0 Å². The molecule has 1 N–H and O–H groups in total. The van der Waals surface area contributed by atoms with Crippen LogP contribution >= 0.6 is 0 Å². The number of aryl methyl sites for hydroxylation is 1. The molecule has 0 amide bonds. The number of carbonyl (C=O) groups is 1. The molecule has 0 atom stereocenters. The van der Waals surface area contributed by atoms with Gasteiger partial charge in [-0.25, -0.2) is 9.78 Å². The van der Waals surface area contributed by atoms with Gasteiger partial charge in [0.15, 0.2) is 5.69 Å². The quantitative estimate of drug-likeness (QED) is 0.938. The Bertz CT molecular complexity index is 648. The van der Waals surface area contributed by atoms with E-state index < -0.39 is 18.1 Å². The van der Waals surface area contributed by atoms with E-state index in [1.807, 2.05) is 0 Å². The zero-order valence-corrected chi connectivity index (χ0v) is 10.1. The Morgan fingerprint density at radius 1 is 1.40 bits per heavy atom. The molecule has 0 aliphatic heterocycles. The smallest absolute Gasteiger partial charge is 0.476 e. The van der Waals surface area contributed by atoms with Crippen LogP contribution in [-0.4, -0.2) is 22.4 Å². The number of carboxylic acid groups (broad SMARTS) is 1. The van der Waals surface area contributed by atoms with E-state index in [1.165, 1.54) is 19.1 Å². The first-order chi connectivity index (χ1) is 9.26. The third-order valence-electron chi connectivity index (χ3n) is 2.31. The van der Waals surface area contributed by atoms with Crippen LogP contribution in [-0.2, 0) is 0 Å². The molecule has 1 aromatic heterocycles. The Labute approximate surface area is 110 Å². The van der Waals surface area contributed by atoms with Gasteiger partial charge >= 0.3 is 12.3 Å². The van der Waals surface area contributed by atoms with Gasteiger partial charge in [0, 0.05) is 5.56 Å². The fourth-order valence-corrected chi connectivity index (χ4v) is 1.54. The molecule has 0 aliphatic carbocycles. The molecule has 20 heavy (non-hydrogen) atoms. The van der Waals surface area contributed by atoms with Crippen molar-refractivity contribution in [2.24, 2.45) is 0 Å². The van der Waals surface area contributed by atoms with E-state index in [9.17, 15) is 18.0 Å². The van der Waals surface area contributed by atoms with Crippen molar-refractivity contribution in [1.82, 2.24) is 4.98 Å². The zero-order chi connectivity index (χ0) is 14.9. The largest absolute Gasteiger partial charge is 0.573 e. The summed E-state index contributed by atoms with van der Waals surface area (Å²) in [6, 6.07) is 4.92. The number of halogens is 3. The first kappa shape index (κ1) is 13.9. The second-order valence-electron chi connectivity index (χ2n) is 3.80. The number of hydrogen-bond acceptors (Lipinski definition) is 4. The van der Waals surface area contributed by atoms with E-state index in [0.29, 0.717) is 0 Å². The van der Waals surface area contributed by atoms with Gasteiger partial charge in [-0.15, -0.1) is 13.2 Å². The highest BCUT2D eigenvalue weighted by molar-refractivity contribution is 5.87. The van der Waals surface area contributed by atoms with Crippen molar-refractivity contribution in [1.29, 1.82) is 0 Å². The van der Waals surface area contributed by atoms with Gasteiger partial charge in [-0.2, -0.15) is 0 Å². The molecular weight excluding hydrogens is 279 g/mol. The van der Waals surface area contributed by atoms with Gasteiger partial charge in [-0.3, -0.25) is 0 Å². The number of hydrogen-bond donors (Lipinski definition) is 1. The molecule has 0 spiro atoms. The Balaban J connectivity index is 2.36. The molecule has 0 bridgehead atoms. The lowest BCUT2D eigenvalue weighted by Gasteiger charge is -2.08. The van der Waals surface area contributed by atoms with Crippen LogP contribution < -0.4 is 4.74 Å². The van der Waals surface area contributed by atoms with Gasteiger partial charge in [0.1, 0.15) is 11.5 Å². The normalized spacial score (nSPS) is 11.4. The molecule has 0 unspecified atom stereocenters. The highest BCUT2D eigenvalue weighted by atomic mass is 19.4. The number of nitrogens with zero attached hydrogens (tertiary/aromatic N) is 1. The van der Waals surface area contributed by atoms with Gasteiger partial charge in [0.05, 0.1) is 0 Å². The lowest BCUT2D eigenvalue weighted by molar-refractivity contribution is -0.274. The molecule has 2 aromatic rings. The molecule has 1 heterocycles. The lowest BCUT2D eigenvalue weighted by Crippen LogP contribution is -2.17. The molecule has 0 radical (unpaired) electrons. The molecule has 106 valence electrons. The maximum Gasteiger partial charge on any atom is 0.573 e. The minimum absolute atomic E-state index is 0.0645. The molecule has 0 saturated heterocycles. The van der Waals surface area contributed by atoms with Crippen LogP contribution in [0.3, 0.4) is 0 Å². The number of rotatable bonds is 3. The Hall–Kier alpha value is -2.51. The van der Waals surface area contributed by atoms with Crippen molar-refractivity contribution in [2.75, 3.05) is 0 Å². The van der Waals surface area contributed by atoms with Crippen LogP contribution in [0.4, 0.5) is 13.2 Å². The Morgan fingerprint density at radius 3 is 2.65 bits per heavy atom. The molecule has 0 saturated carbocycles. The fraction of sp³-hybridized carbons (Fsp3) is 0.167. The second-order valence-corrected chi connectivity index (χ2v) is 3.80. The third kappa shape index (κ3) is 3.08. The van der Waals surface area contributed by atoms with Crippen LogP contribution in [0.25, 0.3) is 11.5 Å². The SMILES string of the molecule is Cc1oc(-c2cccc(OC(F)(F)F)c2)nc1C(=O)O. The van der Waals surface area contributed by atoms with Crippen LogP contribution in [0.1, 0.15) is 16.2 Å². The summed E-state index contributed by atoms with van der Waals surface area (Å²) in [5, 5.41) is 8.84. The molecule has 0 aliphatic rings. The average Bonchev–Trinajstić information content (AvgIpc) is 2.69. The number of benzene rings is 1. The van der Waals surface area contributed by atoms with Crippen LogP contribution in [0.15, 0.2) is 28.7 Å². The minimum atomic E-state index is -4.81. The number of ether oxygens (including phenoxy) is 1. The fourth-order valence-electron chi connectivity index (χ4n) is 1.54. The summed E-state index contributed by atoms with van der Waals surface area (Å²) in [7, 11) is 0. The molecule has 5 nitrogen and oxygen atoms in total. The van der Waals surface area contributed by atoms with Crippen molar-refractivity contribution < 1.29 is 32.2 Å². The predicted molar refractivity (Wildman–Crippen MR) is 60.3 cm³/mol. The molecule has 0 fully saturated rings. The number of carboxylic acids is 1. The van der Waals surface area contributed by atoms with Gasteiger partial charge in [0.25, 0.3) is 0 Å². The summed E-state index contributed by atoms with van der Waals surface area (Å²) in [4.78, 5) is 14.5. The highest BCUT2D eigenvalue weighted by Gasteiger charge is 2.31. The number of aromatic carboxylic acids is 1. The van der Waals surface area contributed by atoms with Crippen molar-refractivity contribution in [3.63, 3.8) is 0 Å². The van der Waals surface area contributed by atoms with E-state index in [2.05, 4.69) is 9.72 Å². The third-order valence-corrected chi connectivity index (χ3v) is 2.31. The summed E-state index contributed by atoms with van der Waals surface area (Å²) < 4.78 is 45.2. The van der Waals surface area contributed by atoms with Gasteiger partial charge < -0.3 is 14.3 Å². The first-order valence-electron chi connectivity index (χ1n) is 5.33. The van der Waals surface area contributed by atoms with Crippen LogP contribution in [0.5, 0.6) is 5.75 Å². The van der Waals surface area contributed by atoms with Crippen molar-refractivity contribution >= 4 is 5.97 Å². The number of alkyl halides is 3. The lowest BCUT2D eigenvalue weighted by atomic mass is 10.2. The zero-order valence-electron chi connectivity index (χ0n) is 10.1. The highest BCUT2D eigenvalue weighted by Crippen LogP contribution is 2.28. The monoisotopic (exact) mass is 287 g/mol. The average molecular weight is 287 g/mol.